The summed E-state index contributed by atoms with van der Waals surface area (Å²) in [6, 6.07) is 9.76. The smallest absolute Gasteiger partial charge is 0.119 e. The molecule has 112 valence electrons. The highest BCUT2D eigenvalue weighted by Gasteiger charge is 2.26. The fraction of sp³-hybridized carbons (Fsp3) is 0.647. The zero-order valence-corrected chi connectivity index (χ0v) is 13.1. The minimum Gasteiger partial charge on any atom is -0.497 e. The molecule has 0 amide bonds. The monoisotopic (exact) mass is 276 g/mol. The van der Waals surface area contributed by atoms with Gasteiger partial charge in [0.1, 0.15) is 5.75 Å². The second kappa shape index (κ2) is 7.65. The molecule has 1 N–H and O–H groups in total. The molecule has 20 heavy (non-hydrogen) atoms. The molecule has 1 saturated heterocycles. The minimum absolute atomic E-state index is 0.633. The second-order valence-electron chi connectivity index (χ2n) is 5.74. The average molecular weight is 276 g/mol. The summed E-state index contributed by atoms with van der Waals surface area (Å²) in [6.45, 7) is 7.84. The fourth-order valence-electron chi connectivity index (χ4n) is 3.02. The molecule has 0 spiro atoms. The lowest BCUT2D eigenvalue weighted by Crippen LogP contribution is -2.55. The van der Waals surface area contributed by atoms with Gasteiger partial charge in [-0.2, -0.15) is 0 Å². The maximum absolute atomic E-state index is 5.33. The SMILES string of the molecule is CCCC1CNC(CC)CN1Cc1cccc(OC)c1. The minimum atomic E-state index is 0.633. The molecule has 1 aliphatic heterocycles. The highest BCUT2D eigenvalue weighted by molar-refractivity contribution is 5.28. The van der Waals surface area contributed by atoms with E-state index in [0.717, 1.165) is 25.4 Å². The van der Waals surface area contributed by atoms with Crippen LogP contribution in [0.2, 0.25) is 0 Å². The second-order valence-corrected chi connectivity index (χ2v) is 5.74. The van der Waals surface area contributed by atoms with E-state index in [-0.39, 0.29) is 0 Å². The number of nitrogens with zero attached hydrogens (tertiary/aromatic N) is 1. The van der Waals surface area contributed by atoms with Crippen LogP contribution >= 0.6 is 0 Å². The summed E-state index contributed by atoms with van der Waals surface area (Å²) in [7, 11) is 1.73. The Morgan fingerprint density at radius 3 is 2.90 bits per heavy atom. The van der Waals surface area contributed by atoms with Crippen LogP contribution in [0.3, 0.4) is 0 Å². The van der Waals surface area contributed by atoms with Crippen LogP contribution in [0.5, 0.6) is 5.75 Å². The van der Waals surface area contributed by atoms with Crippen molar-refractivity contribution in [1.82, 2.24) is 10.2 Å². The van der Waals surface area contributed by atoms with Gasteiger partial charge in [0.05, 0.1) is 7.11 Å². The lowest BCUT2D eigenvalue weighted by atomic mass is 10.0. The molecule has 3 heteroatoms. The van der Waals surface area contributed by atoms with Gasteiger partial charge in [-0.05, 0) is 30.5 Å². The number of benzene rings is 1. The van der Waals surface area contributed by atoms with E-state index in [1.165, 1.54) is 24.8 Å². The summed E-state index contributed by atoms with van der Waals surface area (Å²) in [6.07, 6.45) is 3.72. The molecule has 0 radical (unpaired) electrons. The first-order chi connectivity index (χ1) is 9.76. The molecule has 3 nitrogen and oxygen atoms in total. The Morgan fingerprint density at radius 2 is 2.20 bits per heavy atom. The van der Waals surface area contributed by atoms with Crippen molar-refractivity contribution in [3.8, 4) is 5.75 Å². The van der Waals surface area contributed by atoms with Crippen molar-refractivity contribution in [2.75, 3.05) is 20.2 Å². The fourth-order valence-corrected chi connectivity index (χ4v) is 3.02. The Labute approximate surface area is 123 Å². The lowest BCUT2D eigenvalue weighted by Gasteiger charge is -2.40. The zero-order chi connectivity index (χ0) is 14.4. The van der Waals surface area contributed by atoms with Gasteiger partial charge in [0.2, 0.25) is 0 Å². The topological polar surface area (TPSA) is 24.5 Å². The first kappa shape index (κ1) is 15.3. The van der Waals surface area contributed by atoms with Crippen LogP contribution in [0, 0.1) is 0 Å². The molecule has 1 aromatic rings. The zero-order valence-electron chi connectivity index (χ0n) is 13.1. The number of piperazine rings is 1. The number of rotatable bonds is 6. The molecular formula is C17H28N2O. The van der Waals surface area contributed by atoms with Crippen molar-refractivity contribution in [3.63, 3.8) is 0 Å². The van der Waals surface area contributed by atoms with Gasteiger partial charge in [0.15, 0.2) is 0 Å². The molecule has 0 bridgehead atoms. The van der Waals surface area contributed by atoms with E-state index >= 15 is 0 Å². The van der Waals surface area contributed by atoms with Crippen molar-refractivity contribution in [3.05, 3.63) is 29.8 Å². The van der Waals surface area contributed by atoms with Crippen LogP contribution in [-0.2, 0) is 6.54 Å². The summed E-state index contributed by atoms with van der Waals surface area (Å²) >= 11 is 0. The van der Waals surface area contributed by atoms with Crippen LogP contribution in [0.15, 0.2) is 24.3 Å². The third-order valence-electron chi connectivity index (χ3n) is 4.25. The predicted octanol–water partition coefficient (Wildman–Crippen LogP) is 3.05. The predicted molar refractivity (Wildman–Crippen MR) is 84.2 cm³/mol. The Bertz CT molecular complexity index is 408. The summed E-state index contributed by atoms with van der Waals surface area (Å²) in [5, 5.41) is 3.68. The van der Waals surface area contributed by atoms with E-state index in [2.05, 4.69) is 42.3 Å². The molecule has 0 aromatic heterocycles. The van der Waals surface area contributed by atoms with Crippen LogP contribution in [0.25, 0.3) is 0 Å². The Balaban J connectivity index is 2.05. The van der Waals surface area contributed by atoms with Crippen molar-refractivity contribution >= 4 is 0 Å². The average Bonchev–Trinajstić information content (AvgIpc) is 2.49. The molecule has 0 saturated carbocycles. The Morgan fingerprint density at radius 1 is 1.35 bits per heavy atom. The van der Waals surface area contributed by atoms with Crippen molar-refractivity contribution in [1.29, 1.82) is 0 Å². The summed E-state index contributed by atoms with van der Waals surface area (Å²) < 4.78 is 5.33. The van der Waals surface area contributed by atoms with Crippen molar-refractivity contribution in [2.24, 2.45) is 0 Å². The van der Waals surface area contributed by atoms with Crippen LogP contribution < -0.4 is 10.1 Å². The number of methoxy groups -OCH3 is 1. The third kappa shape index (κ3) is 3.97. The molecule has 0 aliphatic carbocycles. The molecular weight excluding hydrogens is 248 g/mol. The van der Waals surface area contributed by atoms with Gasteiger partial charge in [-0.25, -0.2) is 0 Å². The van der Waals surface area contributed by atoms with Gasteiger partial charge in [0.25, 0.3) is 0 Å². The largest absolute Gasteiger partial charge is 0.497 e. The molecule has 2 atom stereocenters. The number of nitrogens with one attached hydrogen (secondary N) is 1. The number of hydrogen-bond acceptors (Lipinski definition) is 3. The first-order valence-electron chi connectivity index (χ1n) is 7.87. The molecule has 2 unspecified atom stereocenters. The number of ether oxygens (including phenoxy) is 1. The van der Waals surface area contributed by atoms with Gasteiger partial charge in [-0.1, -0.05) is 32.4 Å². The summed E-state index contributed by atoms with van der Waals surface area (Å²) in [4.78, 5) is 2.64. The molecule has 1 aliphatic rings. The van der Waals surface area contributed by atoms with E-state index in [9.17, 15) is 0 Å². The molecule has 1 heterocycles. The van der Waals surface area contributed by atoms with E-state index < -0.39 is 0 Å². The van der Waals surface area contributed by atoms with E-state index in [4.69, 9.17) is 4.74 Å². The quantitative estimate of drug-likeness (QED) is 0.864. The van der Waals surface area contributed by atoms with Crippen LogP contribution in [-0.4, -0.2) is 37.2 Å². The highest BCUT2D eigenvalue weighted by atomic mass is 16.5. The maximum atomic E-state index is 5.33. The van der Waals surface area contributed by atoms with E-state index in [0.29, 0.717) is 12.1 Å². The van der Waals surface area contributed by atoms with Crippen molar-refractivity contribution < 1.29 is 4.74 Å². The molecule has 1 aromatic carbocycles. The van der Waals surface area contributed by atoms with Crippen molar-refractivity contribution in [2.45, 2.75) is 51.7 Å². The van der Waals surface area contributed by atoms with Crippen LogP contribution in [0.1, 0.15) is 38.7 Å². The van der Waals surface area contributed by atoms with Gasteiger partial charge >= 0.3 is 0 Å². The number of hydrogen-bond donors (Lipinski definition) is 1. The van der Waals surface area contributed by atoms with E-state index in [1.54, 1.807) is 7.11 Å². The normalized spacial score (nSPS) is 23.8. The van der Waals surface area contributed by atoms with Crippen LogP contribution in [0.4, 0.5) is 0 Å². The Hall–Kier alpha value is -1.06. The van der Waals surface area contributed by atoms with Gasteiger partial charge in [-0.3, -0.25) is 4.90 Å². The molecule has 1 fully saturated rings. The third-order valence-corrected chi connectivity index (χ3v) is 4.25. The highest BCUT2D eigenvalue weighted by Crippen LogP contribution is 2.19. The maximum Gasteiger partial charge on any atom is 0.119 e. The summed E-state index contributed by atoms with van der Waals surface area (Å²) in [5.41, 5.74) is 1.35. The molecule has 2 rings (SSSR count). The van der Waals surface area contributed by atoms with Gasteiger partial charge < -0.3 is 10.1 Å². The van der Waals surface area contributed by atoms with E-state index in [1.807, 2.05) is 6.07 Å². The Kier molecular flexibility index (Phi) is 5.86. The lowest BCUT2D eigenvalue weighted by molar-refractivity contribution is 0.113. The van der Waals surface area contributed by atoms with Gasteiger partial charge in [0, 0.05) is 31.7 Å². The summed E-state index contributed by atoms with van der Waals surface area (Å²) in [5.74, 6) is 0.955. The first-order valence-corrected chi connectivity index (χ1v) is 7.87. The standard InChI is InChI=1S/C17H28N2O/c1-4-7-16-11-18-15(5-2)13-19(16)12-14-8-6-9-17(10-14)20-3/h6,8-10,15-16,18H,4-5,7,11-13H2,1-3H3. The van der Waals surface area contributed by atoms with Gasteiger partial charge in [-0.15, -0.1) is 0 Å².